The van der Waals surface area contributed by atoms with E-state index in [2.05, 4.69) is 4.99 Å². The van der Waals surface area contributed by atoms with Crippen molar-refractivity contribution in [3.63, 3.8) is 0 Å². The predicted octanol–water partition coefficient (Wildman–Crippen LogP) is 3.76. The van der Waals surface area contributed by atoms with Crippen LogP contribution in [-0.4, -0.2) is 30.6 Å². The van der Waals surface area contributed by atoms with Crippen LogP contribution in [0.1, 0.15) is 18.1 Å². The first kappa shape index (κ1) is 19.9. The Morgan fingerprint density at radius 2 is 2.08 bits per heavy atom. The van der Waals surface area contributed by atoms with E-state index in [9.17, 15) is 4.39 Å². The Morgan fingerprint density at radius 3 is 2.73 bits per heavy atom. The summed E-state index contributed by atoms with van der Waals surface area (Å²) >= 11 is 6.08. The van der Waals surface area contributed by atoms with Gasteiger partial charge in [-0.3, -0.25) is 9.79 Å². The standard InChI is InChI=1S/C18H18ClFN2O.CH2O2/c1-11-6-14(19)8-15(17(11)20)12-4-3-5-13(7-12)18(2)10-23-9-16(21)22-18;2-1-3/h3-8H,9-10H2,1-2H3,(H2,21,22);1H,(H,2,3). The zero-order valence-corrected chi connectivity index (χ0v) is 15.3. The van der Waals surface area contributed by atoms with Crippen molar-refractivity contribution in [2.45, 2.75) is 19.4 Å². The first-order chi connectivity index (χ1) is 12.3. The zero-order valence-electron chi connectivity index (χ0n) is 14.5. The molecule has 1 heterocycles. The van der Waals surface area contributed by atoms with E-state index in [0.29, 0.717) is 35.2 Å². The summed E-state index contributed by atoms with van der Waals surface area (Å²) in [4.78, 5) is 12.9. The molecule has 1 unspecified atom stereocenters. The van der Waals surface area contributed by atoms with Crippen molar-refractivity contribution < 1.29 is 19.0 Å². The molecule has 0 radical (unpaired) electrons. The van der Waals surface area contributed by atoms with E-state index >= 15 is 0 Å². The van der Waals surface area contributed by atoms with E-state index in [0.717, 1.165) is 11.1 Å². The molecule has 7 heteroatoms. The number of amidine groups is 1. The van der Waals surface area contributed by atoms with Crippen molar-refractivity contribution in [1.29, 1.82) is 0 Å². The first-order valence-corrected chi connectivity index (χ1v) is 8.25. The Labute approximate surface area is 156 Å². The molecule has 0 fully saturated rings. The van der Waals surface area contributed by atoms with E-state index in [4.69, 9.17) is 32.0 Å². The molecule has 0 saturated carbocycles. The highest BCUT2D eigenvalue weighted by atomic mass is 35.5. The number of aryl methyl sites for hydroxylation is 1. The molecule has 1 aliphatic heterocycles. The summed E-state index contributed by atoms with van der Waals surface area (Å²) < 4.78 is 20.0. The van der Waals surface area contributed by atoms with Crippen LogP contribution in [0.5, 0.6) is 0 Å². The number of carboxylic acid groups (broad SMARTS) is 1. The zero-order chi connectivity index (χ0) is 19.3. The van der Waals surface area contributed by atoms with E-state index < -0.39 is 5.54 Å². The fourth-order valence-corrected chi connectivity index (χ4v) is 3.11. The summed E-state index contributed by atoms with van der Waals surface area (Å²) in [6.45, 7) is 4.19. The molecule has 0 aromatic heterocycles. The molecule has 5 nitrogen and oxygen atoms in total. The molecule has 2 aromatic rings. The Bertz CT molecular complexity index is 842. The van der Waals surface area contributed by atoms with Crippen molar-refractivity contribution in [2.24, 2.45) is 10.7 Å². The molecule has 3 N–H and O–H groups in total. The van der Waals surface area contributed by atoms with Crippen LogP contribution in [0.25, 0.3) is 11.1 Å². The van der Waals surface area contributed by atoms with E-state index in [1.165, 1.54) is 0 Å². The van der Waals surface area contributed by atoms with Gasteiger partial charge in [-0.05, 0) is 48.7 Å². The average Bonchev–Trinajstić information content (AvgIpc) is 2.59. The number of hydrogen-bond acceptors (Lipinski definition) is 4. The predicted molar refractivity (Wildman–Crippen MR) is 100 cm³/mol. The number of carbonyl (C=O) groups is 1. The number of benzene rings is 2. The second-order valence-electron chi connectivity index (χ2n) is 6.14. The molecule has 1 aliphatic rings. The molecule has 0 amide bonds. The van der Waals surface area contributed by atoms with Crippen LogP contribution < -0.4 is 5.73 Å². The highest BCUT2D eigenvalue weighted by Gasteiger charge is 2.30. The van der Waals surface area contributed by atoms with Crippen LogP contribution in [0.2, 0.25) is 5.02 Å². The molecule has 138 valence electrons. The van der Waals surface area contributed by atoms with Crippen molar-refractivity contribution in [3.8, 4) is 11.1 Å². The quantitative estimate of drug-likeness (QED) is 0.779. The summed E-state index contributed by atoms with van der Waals surface area (Å²) in [5.74, 6) is 0.202. The molecule has 26 heavy (non-hydrogen) atoms. The maximum absolute atomic E-state index is 14.5. The van der Waals surface area contributed by atoms with Gasteiger partial charge in [-0.25, -0.2) is 4.39 Å². The van der Waals surface area contributed by atoms with Crippen molar-refractivity contribution in [1.82, 2.24) is 0 Å². The third-order valence-corrected chi connectivity index (χ3v) is 4.26. The highest BCUT2D eigenvalue weighted by Crippen LogP contribution is 2.33. The fourth-order valence-electron chi connectivity index (χ4n) is 2.84. The lowest BCUT2D eigenvalue weighted by molar-refractivity contribution is -0.122. The van der Waals surface area contributed by atoms with E-state index in [1.807, 2.05) is 31.2 Å². The molecule has 0 bridgehead atoms. The maximum atomic E-state index is 14.5. The molecule has 0 aliphatic carbocycles. The number of nitrogens with zero attached hydrogens (tertiary/aromatic N) is 1. The van der Waals surface area contributed by atoms with Gasteiger partial charge in [0.2, 0.25) is 0 Å². The number of ether oxygens (including phenoxy) is 1. The van der Waals surface area contributed by atoms with E-state index in [1.54, 1.807) is 19.1 Å². The number of hydrogen-bond donors (Lipinski definition) is 2. The topological polar surface area (TPSA) is 84.9 Å². The number of aliphatic imine (C=N–C) groups is 1. The minimum Gasteiger partial charge on any atom is -0.483 e. The summed E-state index contributed by atoms with van der Waals surface area (Å²) in [7, 11) is 0. The lowest BCUT2D eigenvalue weighted by atomic mass is 9.90. The first-order valence-electron chi connectivity index (χ1n) is 7.87. The second kappa shape index (κ2) is 8.29. The van der Waals surface area contributed by atoms with Crippen LogP contribution in [0.3, 0.4) is 0 Å². The maximum Gasteiger partial charge on any atom is 0.290 e. The SMILES string of the molecule is Cc1cc(Cl)cc(-c2cccc(C3(C)COCC(N)=N3)c2)c1F.O=CO. The molecule has 1 atom stereocenters. The normalized spacial score (nSPS) is 19.2. The Balaban J connectivity index is 0.000000758. The average molecular weight is 379 g/mol. The fraction of sp³-hybridized carbons (Fsp3) is 0.263. The molecule has 0 saturated heterocycles. The Hall–Kier alpha value is -2.44. The summed E-state index contributed by atoms with van der Waals surface area (Å²) in [6.07, 6.45) is 0. The minimum atomic E-state index is -0.567. The number of nitrogens with two attached hydrogens (primary N) is 1. The second-order valence-corrected chi connectivity index (χ2v) is 6.58. The van der Waals surface area contributed by atoms with Gasteiger partial charge in [-0.15, -0.1) is 0 Å². The summed E-state index contributed by atoms with van der Waals surface area (Å²) in [5.41, 5.74) is 7.92. The van der Waals surface area contributed by atoms with Crippen molar-refractivity contribution in [2.75, 3.05) is 13.2 Å². The van der Waals surface area contributed by atoms with Gasteiger partial charge >= 0.3 is 0 Å². The number of halogens is 2. The van der Waals surface area contributed by atoms with E-state index in [-0.39, 0.29) is 12.3 Å². The van der Waals surface area contributed by atoms with Gasteiger partial charge in [0.25, 0.3) is 6.47 Å². The van der Waals surface area contributed by atoms with Crippen LogP contribution in [0, 0.1) is 12.7 Å². The van der Waals surface area contributed by atoms with Crippen LogP contribution in [0.15, 0.2) is 41.4 Å². The summed E-state index contributed by atoms with van der Waals surface area (Å²) in [5, 5.41) is 7.40. The molecule has 0 spiro atoms. The van der Waals surface area contributed by atoms with Gasteiger partial charge in [-0.2, -0.15) is 0 Å². The molecular formula is C19H20ClFN2O3. The third kappa shape index (κ3) is 4.39. The van der Waals surface area contributed by atoms with Crippen molar-refractivity contribution in [3.05, 3.63) is 58.4 Å². The van der Waals surface area contributed by atoms with Gasteiger partial charge in [0, 0.05) is 10.6 Å². The largest absolute Gasteiger partial charge is 0.483 e. The van der Waals surface area contributed by atoms with Crippen molar-refractivity contribution >= 4 is 23.9 Å². The van der Waals surface area contributed by atoms with Gasteiger partial charge in [0.1, 0.15) is 23.8 Å². The van der Waals surface area contributed by atoms with Crippen LogP contribution >= 0.6 is 11.6 Å². The third-order valence-electron chi connectivity index (χ3n) is 4.04. The molecule has 3 rings (SSSR count). The Morgan fingerprint density at radius 1 is 1.38 bits per heavy atom. The van der Waals surface area contributed by atoms with Gasteiger partial charge in [-0.1, -0.05) is 29.8 Å². The number of rotatable bonds is 2. The summed E-state index contributed by atoms with van der Waals surface area (Å²) in [6, 6.07) is 10.9. The monoisotopic (exact) mass is 378 g/mol. The van der Waals surface area contributed by atoms with Gasteiger partial charge < -0.3 is 15.6 Å². The Kier molecular flexibility index (Phi) is 6.34. The van der Waals surface area contributed by atoms with Gasteiger partial charge in [0.15, 0.2) is 0 Å². The van der Waals surface area contributed by atoms with Gasteiger partial charge in [0.05, 0.1) is 6.61 Å². The molecular weight excluding hydrogens is 359 g/mol. The lowest BCUT2D eigenvalue weighted by Crippen LogP contribution is -2.37. The minimum absolute atomic E-state index is 0.250. The van der Waals surface area contributed by atoms with Crippen LogP contribution in [-0.2, 0) is 15.1 Å². The highest BCUT2D eigenvalue weighted by molar-refractivity contribution is 6.31. The molecule has 2 aromatic carbocycles. The van der Waals surface area contributed by atoms with Crippen LogP contribution in [0.4, 0.5) is 4.39 Å². The smallest absolute Gasteiger partial charge is 0.290 e. The lowest BCUT2D eigenvalue weighted by Gasteiger charge is -2.30.